The van der Waals surface area contributed by atoms with Crippen molar-refractivity contribution < 1.29 is 8.42 Å². The summed E-state index contributed by atoms with van der Waals surface area (Å²) in [5.41, 5.74) is 3.41. The lowest BCUT2D eigenvalue weighted by molar-refractivity contribution is 0.587. The SMILES string of the molecule is CCCCc1cn(S(=O)(=O)c2c(C)cc(C)cc2C)c2nc(Cl)nc(Cl)c12. The van der Waals surface area contributed by atoms with Gasteiger partial charge in [0.15, 0.2) is 5.65 Å². The fourth-order valence-corrected chi connectivity index (χ4v) is 5.76. The standard InChI is InChI=1S/C19H21Cl2N3O2S/c1-5-6-7-14-10-24(18-15(14)17(20)22-19(21)23-18)27(25,26)16-12(3)8-11(2)9-13(16)4/h8-10H,5-7H2,1-4H3. The average molecular weight is 426 g/mol. The van der Waals surface area contributed by atoms with Crippen LogP contribution < -0.4 is 0 Å². The van der Waals surface area contributed by atoms with Crippen LogP contribution >= 0.6 is 23.2 Å². The smallest absolute Gasteiger partial charge is 0.224 e. The molecule has 27 heavy (non-hydrogen) atoms. The summed E-state index contributed by atoms with van der Waals surface area (Å²) in [5.74, 6) is 0. The monoisotopic (exact) mass is 425 g/mol. The van der Waals surface area contributed by atoms with E-state index in [-0.39, 0.29) is 21.0 Å². The Morgan fingerprint density at radius 2 is 1.70 bits per heavy atom. The number of fused-ring (bicyclic) bond motifs is 1. The minimum atomic E-state index is -3.87. The van der Waals surface area contributed by atoms with Gasteiger partial charge in [-0.15, -0.1) is 0 Å². The highest BCUT2D eigenvalue weighted by Crippen LogP contribution is 2.33. The first-order valence-electron chi connectivity index (χ1n) is 8.73. The Morgan fingerprint density at radius 3 is 2.30 bits per heavy atom. The first kappa shape index (κ1) is 20.1. The highest BCUT2D eigenvalue weighted by Gasteiger charge is 2.27. The summed E-state index contributed by atoms with van der Waals surface area (Å²) in [6.45, 7) is 7.61. The molecule has 0 amide bonds. The molecule has 0 aliphatic rings. The van der Waals surface area contributed by atoms with Gasteiger partial charge in [0.2, 0.25) is 5.28 Å². The Morgan fingerprint density at radius 1 is 1.07 bits per heavy atom. The van der Waals surface area contributed by atoms with Gasteiger partial charge >= 0.3 is 0 Å². The van der Waals surface area contributed by atoms with Crippen LogP contribution in [0.15, 0.2) is 23.2 Å². The third-order valence-corrected chi connectivity index (χ3v) is 6.94. The molecule has 8 heteroatoms. The van der Waals surface area contributed by atoms with E-state index in [0.717, 1.165) is 24.0 Å². The normalized spacial score (nSPS) is 12.1. The molecule has 0 saturated carbocycles. The molecule has 3 rings (SSSR count). The summed E-state index contributed by atoms with van der Waals surface area (Å²) < 4.78 is 28.2. The van der Waals surface area contributed by atoms with Crippen molar-refractivity contribution in [1.82, 2.24) is 13.9 Å². The van der Waals surface area contributed by atoms with Gasteiger partial charge in [-0.05, 0) is 61.9 Å². The second-order valence-corrected chi connectivity index (χ2v) is 9.22. The average Bonchev–Trinajstić information content (AvgIpc) is 2.91. The molecule has 5 nitrogen and oxygen atoms in total. The zero-order valence-corrected chi connectivity index (χ0v) is 18.0. The van der Waals surface area contributed by atoms with E-state index in [4.69, 9.17) is 23.2 Å². The molecule has 0 radical (unpaired) electrons. The van der Waals surface area contributed by atoms with Crippen LogP contribution in [0.1, 0.15) is 42.0 Å². The van der Waals surface area contributed by atoms with Gasteiger partial charge < -0.3 is 0 Å². The summed E-state index contributed by atoms with van der Waals surface area (Å²) in [5, 5.41) is 0.629. The van der Waals surface area contributed by atoms with Gasteiger partial charge in [0.25, 0.3) is 10.0 Å². The minimum Gasteiger partial charge on any atom is -0.224 e. The van der Waals surface area contributed by atoms with Crippen molar-refractivity contribution in [3.05, 3.63) is 51.0 Å². The number of hydrogen-bond donors (Lipinski definition) is 0. The highest BCUT2D eigenvalue weighted by atomic mass is 35.5. The van der Waals surface area contributed by atoms with E-state index in [2.05, 4.69) is 16.9 Å². The van der Waals surface area contributed by atoms with Crippen LogP contribution in [0.25, 0.3) is 11.0 Å². The lowest BCUT2D eigenvalue weighted by Crippen LogP contribution is -2.15. The van der Waals surface area contributed by atoms with E-state index in [0.29, 0.717) is 22.9 Å². The molecule has 0 aliphatic heterocycles. The molecule has 0 bridgehead atoms. The van der Waals surface area contributed by atoms with Crippen LogP contribution in [-0.2, 0) is 16.4 Å². The Labute approximate surface area is 169 Å². The van der Waals surface area contributed by atoms with E-state index in [1.165, 1.54) is 3.97 Å². The van der Waals surface area contributed by atoms with E-state index in [9.17, 15) is 8.42 Å². The zero-order valence-electron chi connectivity index (χ0n) is 15.7. The number of aromatic nitrogens is 3. The summed E-state index contributed by atoms with van der Waals surface area (Å²) in [6, 6.07) is 3.72. The Kier molecular flexibility index (Phi) is 5.52. The lowest BCUT2D eigenvalue weighted by atomic mass is 10.1. The topological polar surface area (TPSA) is 64.8 Å². The number of hydrogen-bond acceptors (Lipinski definition) is 4. The quantitative estimate of drug-likeness (QED) is 0.413. The summed E-state index contributed by atoms with van der Waals surface area (Å²) in [4.78, 5) is 8.46. The largest absolute Gasteiger partial charge is 0.269 e. The molecular formula is C19H21Cl2N3O2S. The lowest BCUT2D eigenvalue weighted by Gasteiger charge is -2.13. The van der Waals surface area contributed by atoms with Crippen molar-refractivity contribution in [2.75, 3.05) is 0 Å². The van der Waals surface area contributed by atoms with E-state index in [1.807, 2.05) is 19.1 Å². The molecule has 1 aromatic carbocycles. The Hall–Kier alpha value is -1.63. The first-order valence-corrected chi connectivity index (χ1v) is 10.9. The van der Waals surface area contributed by atoms with E-state index in [1.54, 1.807) is 20.0 Å². The molecule has 144 valence electrons. The Bertz CT molecular complexity index is 1110. The molecule has 2 aromatic heterocycles. The predicted octanol–water partition coefficient (Wildman–Crippen LogP) is 5.24. The van der Waals surface area contributed by atoms with Gasteiger partial charge in [0, 0.05) is 6.20 Å². The van der Waals surface area contributed by atoms with Crippen LogP contribution in [0.3, 0.4) is 0 Å². The van der Waals surface area contributed by atoms with Crippen molar-refractivity contribution in [1.29, 1.82) is 0 Å². The molecule has 0 saturated heterocycles. The van der Waals surface area contributed by atoms with Crippen molar-refractivity contribution in [2.45, 2.75) is 51.9 Å². The van der Waals surface area contributed by atoms with E-state index < -0.39 is 10.0 Å². The fourth-order valence-electron chi connectivity index (χ4n) is 3.51. The number of halogens is 2. The number of unbranched alkanes of at least 4 members (excludes halogenated alkanes) is 1. The number of benzene rings is 1. The van der Waals surface area contributed by atoms with Crippen LogP contribution in [0.5, 0.6) is 0 Å². The second-order valence-electron chi connectivity index (χ2n) is 6.77. The summed E-state index contributed by atoms with van der Waals surface area (Å²) in [6.07, 6.45) is 4.17. The van der Waals surface area contributed by atoms with Crippen LogP contribution in [0.4, 0.5) is 0 Å². The number of nitrogens with zero attached hydrogens (tertiary/aromatic N) is 3. The molecule has 0 atom stereocenters. The summed E-state index contributed by atoms with van der Waals surface area (Å²) in [7, 11) is -3.87. The molecule has 0 N–H and O–H groups in total. The number of rotatable bonds is 5. The molecule has 0 aliphatic carbocycles. The maximum atomic E-state index is 13.5. The van der Waals surface area contributed by atoms with Gasteiger partial charge in [0.1, 0.15) is 5.15 Å². The molecule has 3 aromatic rings. The highest BCUT2D eigenvalue weighted by molar-refractivity contribution is 7.90. The molecule has 0 spiro atoms. The van der Waals surface area contributed by atoms with Crippen molar-refractivity contribution in [2.24, 2.45) is 0 Å². The fraction of sp³-hybridized carbons (Fsp3) is 0.368. The second kappa shape index (κ2) is 7.41. The van der Waals surface area contributed by atoms with Gasteiger partial charge in [-0.25, -0.2) is 17.4 Å². The summed E-state index contributed by atoms with van der Waals surface area (Å²) >= 11 is 12.3. The maximum Gasteiger partial charge on any atom is 0.269 e. The zero-order chi connectivity index (χ0) is 19.9. The molecule has 0 unspecified atom stereocenters. The van der Waals surface area contributed by atoms with Crippen molar-refractivity contribution >= 4 is 44.3 Å². The number of aryl methyl sites for hydroxylation is 4. The van der Waals surface area contributed by atoms with Gasteiger partial charge in [-0.2, -0.15) is 4.98 Å². The van der Waals surface area contributed by atoms with E-state index >= 15 is 0 Å². The van der Waals surface area contributed by atoms with Crippen molar-refractivity contribution in [3.8, 4) is 0 Å². The van der Waals surface area contributed by atoms with Gasteiger partial charge in [0.05, 0.1) is 10.3 Å². The Balaban J connectivity index is 2.34. The van der Waals surface area contributed by atoms with Crippen LogP contribution in [0.2, 0.25) is 10.4 Å². The van der Waals surface area contributed by atoms with Gasteiger partial charge in [-0.3, -0.25) is 0 Å². The van der Waals surface area contributed by atoms with Gasteiger partial charge in [-0.1, -0.05) is 42.6 Å². The first-order chi connectivity index (χ1) is 12.7. The third kappa shape index (κ3) is 3.58. The van der Waals surface area contributed by atoms with Crippen LogP contribution in [0, 0.1) is 20.8 Å². The molecule has 2 heterocycles. The minimum absolute atomic E-state index is 0.0820. The van der Waals surface area contributed by atoms with Crippen LogP contribution in [-0.4, -0.2) is 22.4 Å². The maximum absolute atomic E-state index is 13.5. The van der Waals surface area contributed by atoms with Crippen molar-refractivity contribution in [3.63, 3.8) is 0 Å². The third-order valence-electron chi connectivity index (χ3n) is 4.54. The predicted molar refractivity (Wildman–Crippen MR) is 109 cm³/mol. The molecule has 0 fully saturated rings. The molecular weight excluding hydrogens is 405 g/mol.